The average molecular weight is 440 g/mol. The van der Waals surface area contributed by atoms with E-state index in [2.05, 4.69) is 20.0 Å². The molecule has 3 rings (SSSR count). The average Bonchev–Trinajstić information content (AvgIpc) is 2.64. The number of hydrogen-bond donors (Lipinski definition) is 3. The summed E-state index contributed by atoms with van der Waals surface area (Å²) < 4.78 is 46.1. The van der Waals surface area contributed by atoms with Gasteiger partial charge in [0.1, 0.15) is 35.2 Å². The van der Waals surface area contributed by atoms with Crippen LogP contribution in [0.2, 0.25) is 0 Å². The summed E-state index contributed by atoms with van der Waals surface area (Å²) in [5.74, 6) is -0.961. The lowest BCUT2D eigenvalue weighted by atomic mass is 10.2. The Morgan fingerprint density at radius 1 is 1.16 bits per heavy atom. The second kappa shape index (κ2) is 8.53. The van der Waals surface area contributed by atoms with Gasteiger partial charge < -0.3 is 31.2 Å². The van der Waals surface area contributed by atoms with E-state index < -0.39 is 24.2 Å². The number of carbonyl (C=O) groups is 2. The molecule has 0 spiro atoms. The largest absolute Gasteiger partial charge is 0.573 e. The topological polar surface area (TPSA) is 146 Å². The van der Waals surface area contributed by atoms with Crippen LogP contribution >= 0.6 is 0 Å². The van der Waals surface area contributed by atoms with Crippen LogP contribution in [0.15, 0.2) is 30.3 Å². The number of nitrogens with zero attached hydrogens (tertiary/aromatic N) is 3. The Hall–Kier alpha value is -3.77. The van der Waals surface area contributed by atoms with E-state index in [1.807, 2.05) is 0 Å². The van der Waals surface area contributed by atoms with Crippen LogP contribution in [0.5, 0.6) is 11.5 Å². The third-order valence-electron chi connectivity index (χ3n) is 4.25. The van der Waals surface area contributed by atoms with Crippen LogP contribution in [-0.2, 0) is 4.79 Å². The van der Waals surface area contributed by atoms with Gasteiger partial charge in [0.05, 0.1) is 13.1 Å². The molecule has 13 heteroatoms. The van der Waals surface area contributed by atoms with Gasteiger partial charge in [-0.25, -0.2) is 4.98 Å². The molecule has 1 saturated heterocycles. The van der Waals surface area contributed by atoms with Gasteiger partial charge in [0.15, 0.2) is 0 Å². The summed E-state index contributed by atoms with van der Waals surface area (Å²) in [6.45, 7) is 2.24. The number of nitrogens with one attached hydrogen (secondary N) is 1. The number of aromatic nitrogens is 2. The Kier molecular flexibility index (Phi) is 6.04. The lowest BCUT2D eigenvalue weighted by Crippen LogP contribution is -2.54. The number of ether oxygens (including phenoxy) is 2. The van der Waals surface area contributed by atoms with Gasteiger partial charge in [0, 0.05) is 6.07 Å². The number of anilines is 2. The molecule has 5 N–H and O–H groups in total. The summed E-state index contributed by atoms with van der Waals surface area (Å²) >= 11 is 0. The lowest BCUT2D eigenvalue weighted by molar-refractivity contribution is -0.274. The molecule has 0 radical (unpaired) electrons. The van der Waals surface area contributed by atoms with Crippen LogP contribution in [0.1, 0.15) is 17.4 Å². The molecule has 31 heavy (non-hydrogen) atoms. The molecule has 0 saturated carbocycles. The number of hydrogen-bond acceptors (Lipinski definition) is 8. The normalized spacial score (nSPS) is 15.0. The Labute approximate surface area is 174 Å². The fourth-order valence-electron chi connectivity index (χ4n) is 2.66. The molecule has 166 valence electrons. The minimum absolute atomic E-state index is 0.0474. The van der Waals surface area contributed by atoms with Crippen molar-refractivity contribution in [1.82, 2.24) is 9.97 Å². The predicted octanol–water partition coefficient (Wildman–Crippen LogP) is 1.03. The van der Waals surface area contributed by atoms with Gasteiger partial charge in [-0.1, -0.05) is 0 Å². The number of primary amides is 2. The second-order valence-corrected chi connectivity index (χ2v) is 6.74. The molecule has 1 aliphatic heterocycles. The van der Waals surface area contributed by atoms with E-state index >= 15 is 0 Å². The molecule has 1 aromatic carbocycles. The van der Waals surface area contributed by atoms with Crippen LogP contribution in [0.4, 0.5) is 24.9 Å². The molecule has 1 atom stereocenters. The molecule has 1 aromatic heterocycles. The van der Waals surface area contributed by atoms with Crippen LogP contribution in [0, 0.1) is 0 Å². The van der Waals surface area contributed by atoms with Gasteiger partial charge >= 0.3 is 6.36 Å². The smallest absolute Gasteiger partial charge is 0.487 e. The molecule has 1 fully saturated rings. The monoisotopic (exact) mass is 440 g/mol. The Balaban J connectivity index is 1.62. The third-order valence-corrected chi connectivity index (χ3v) is 4.25. The van der Waals surface area contributed by atoms with Gasteiger partial charge in [-0.05, 0) is 31.2 Å². The van der Waals surface area contributed by atoms with Crippen molar-refractivity contribution in [1.29, 1.82) is 0 Å². The van der Waals surface area contributed by atoms with Crippen LogP contribution in [0.25, 0.3) is 0 Å². The lowest BCUT2D eigenvalue weighted by Gasteiger charge is -2.39. The number of halogens is 3. The molecular formula is C18H19F3N6O4. The number of rotatable bonds is 8. The number of carbonyl (C=O) groups excluding carboxylic acids is 2. The van der Waals surface area contributed by atoms with Crippen LogP contribution in [0.3, 0.4) is 0 Å². The summed E-state index contributed by atoms with van der Waals surface area (Å²) in [7, 11) is 0. The highest BCUT2D eigenvalue weighted by Crippen LogP contribution is 2.27. The van der Waals surface area contributed by atoms with Crippen molar-refractivity contribution in [2.45, 2.75) is 25.4 Å². The highest BCUT2D eigenvalue weighted by molar-refractivity contribution is 5.92. The highest BCUT2D eigenvalue weighted by atomic mass is 19.4. The summed E-state index contributed by atoms with van der Waals surface area (Å²) in [5.41, 5.74) is 10.5. The SMILES string of the molecule is CC(Nc1cc(C(N)=O)nc(N2CC(Oc3ccc(OC(F)(F)F)cc3)C2)n1)C(N)=O. The van der Waals surface area contributed by atoms with E-state index in [1.165, 1.54) is 25.1 Å². The van der Waals surface area contributed by atoms with Gasteiger partial charge in [-0.3, -0.25) is 9.59 Å². The molecule has 2 amide bonds. The number of nitrogens with two attached hydrogens (primary N) is 2. The standard InChI is InChI=1S/C18H19F3N6O4/c1-9(15(22)28)24-14-6-13(16(23)29)25-17(26-14)27-7-12(8-27)30-10-2-4-11(5-3-10)31-18(19,20)21/h2-6,9,12H,7-8H2,1H3,(H2,22,28)(H2,23,29)(H,24,25,26). The minimum atomic E-state index is -4.76. The number of alkyl halides is 3. The maximum Gasteiger partial charge on any atom is 0.573 e. The second-order valence-electron chi connectivity index (χ2n) is 6.74. The Morgan fingerprint density at radius 2 is 1.77 bits per heavy atom. The van der Waals surface area contributed by atoms with Gasteiger partial charge in [-0.15, -0.1) is 13.2 Å². The van der Waals surface area contributed by atoms with Gasteiger partial charge in [0.25, 0.3) is 5.91 Å². The molecule has 0 aliphatic carbocycles. The van der Waals surface area contributed by atoms with Crippen molar-refractivity contribution >= 4 is 23.6 Å². The maximum absolute atomic E-state index is 12.2. The van der Waals surface area contributed by atoms with E-state index in [0.717, 1.165) is 12.1 Å². The van der Waals surface area contributed by atoms with Crippen molar-refractivity contribution in [2.75, 3.05) is 23.3 Å². The van der Waals surface area contributed by atoms with Crippen LogP contribution < -0.4 is 31.2 Å². The first-order valence-electron chi connectivity index (χ1n) is 9.02. The van der Waals surface area contributed by atoms with E-state index in [1.54, 1.807) is 4.90 Å². The van der Waals surface area contributed by atoms with Crippen molar-refractivity contribution in [3.05, 3.63) is 36.0 Å². The van der Waals surface area contributed by atoms with E-state index in [-0.39, 0.29) is 29.3 Å². The van der Waals surface area contributed by atoms with Crippen molar-refractivity contribution in [3.8, 4) is 11.5 Å². The molecular weight excluding hydrogens is 421 g/mol. The first-order chi connectivity index (χ1) is 14.5. The van der Waals surface area contributed by atoms with E-state index in [4.69, 9.17) is 16.2 Å². The molecule has 1 aliphatic rings. The molecule has 10 nitrogen and oxygen atoms in total. The zero-order valence-electron chi connectivity index (χ0n) is 16.2. The highest BCUT2D eigenvalue weighted by Gasteiger charge is 2.32. The molecule has 1 unspecified atom stereocenters. The Bertz CT molecular complexity index is 964. The zero-order chi connectivity index (χ0) is 22.8. The fraction of sp³-hybridized carbons (Fsp3) is 0.333. The number of benzene rings is 1. The molecule has 2 aromatic rings. The zero-order valence-corrected chi connectivity index (χ0v) is 16.2. The summed E-state index contributed by atoms with van der Waals surface area (Å²) in [5, 5.41) is 2.77. The first kappa shape index (κ1) is 21.9. The van der Waals surface area contributed by atoms with E-state index in [0.29, 0.717) is 18.8 Å². The molecule has 0 bridgehead atoms. The van der Waals surface area contributed by atoms with Crippen molar-refractivity contribution in [2.24, 2.45) is 11.5 Å². The quantitative estimate of drug-likeness (QED) is 0.552. The first-order valence-corrected chi connectivity index (χ1v) is 9.02. The van der Waals surface area contributed by atoms with Crippen molar-refractivity contribution < 1.29 is 32.2 Å². The predicted molar refractivity (Wildman–Crippen MR) is 103 cm³/mol. The third kappa shape index (κ3) is 5.87. The Morgan fingerprint density at radius 3 is 2.32 bits per heavy atom. The maximum atomic E-state index is 12.2. The summed E-state index contributed by atoms with van der Waals surface area (Å²) in [6, 6.07) is 5.60. The van der Waals surface area contributed by atoms with Gasteiger partial charge in [0.2, 0.25) is 11.9 Å². The minimum Gasteiger partial charge on any atom is -0.487 e. The summed E-state index contributed by atoms with van der Waals surface area (Å²) in [4.78, 5) is 32.9. The molecule has 2 heterocycles. The van der Waals surface area contributed by atoms with Gasteiger partial charge in [-0.2, -0.15) is 4.98 Å². The number of amides is 2. The summed E-state index contributed by atoms with van der Waals surface area (Å²) in [6.07, 6.45) is -5.05. The van der Waals surface area contributed by atoms with E-state index in [9.17, 15) is 22.8 Å². The van der Waals surface area contributed by atoms with Crippen LogP contribution in [-0.4, -0.2) is 53.4 Å². The van der Waals surface area contributed by atoms with Crippen molar-refractivity contribution in [3.63, 3.8) is 0 Å². The fourth-order valence-corrected chi connectivity index (χ4v) is 2.66.